The van der Waals surface area contributed by atoms with Gasteiger partial charge in [-0.05, 0) is 33.1 Å². The van der Waals surface area contributed by atoms with E-state index in [0.717, 1.165) is 32.1 Å². The molecule has 0 rings (SSSR count). The molecule has 0 heterocycles. The van der Waals surface area contributed by atoms with Gasteiger partial charge in [-0.3, -0.25) is 0 Å². The fourth-order valence-electron chi connectivity index (χ4n) is 1.36. The monoisotopic (exact) mass is 226 g/mol. The van der Waals surface area contributed by atoms with E-state index in [1.54, 1.807) is 13.8 Å². The molecule has 3 nitrogen and oxygen atoms in total. The number of Topliss-reactive ketones (excluding diaryl/α,β-unsaturated/α-hetero) is 1. The molecule has 3 heteroatoms. The highest BCUT2D eigenvalue weighted by Gasteiger charge is 1.94. The Kier molecular flexibility index (Phi) is 9.67. The van der Waals surface area contributed by atoms with Gasteiger partial charge in [0.15, 0.2) is 0 Å². The molecule has 0 aromatic heterocycles. The summed E-state index contributed by atoms with van der Waals surface area (Å²) >= 11 is 0. The predicted molar refractivity (Wildman–Crippen MR) is 64.2 cm³/mol. The van der Waals surface area contributed by atoms with Gasteiger partial charge < -0.3 is 9.53 Å². The van der Waals surface area contributed by atoms with E-state index in [0.29, 0.717) is 13.0 Å². The summed E-state index contributed by atoms with van der Waals surface area (Å²) in [6.45, 7) is 3.84. The van der Waals surface area contributed by atoms with Crippen LogP contribution in [-0.4, -0.2) is 18.4 Å². The molecular weight excluding hydrogens is 204 g/mol. The van der Waals surface area contributed by atoms with Gasteiger partial charge in [0, 0.05) is 12.5 Å². The predicted octanol–water partition coefficient (Wildman–Crippen LogP) is 3.04. The van der Waals surface area contributed by atoms with Gasteiger partial charge in [-0.2, -0.15) is 0 Å². The number of unbranched alkanes of at least 4 members (excludes halogenated alkanes) is 4. The van der Waals surface area contributed by atoms with Crippen LogP contribution in [0.1, 0.15) is 52.4 Å². The van der Waals surface area contributed by atoms with Crippen LogP contribution in [0.25, 0.3) is 0 Å². The zero-order valence-corrected chi connectivity index (χ0v) is 10.3. The van der Waals surface area contributed by atoms with E-state index < -0.39 is 0 Å². The Labute approximate surface area is 97.9 Å². The summed E-state index contributed by atoms with van der Waals surface area (Å²) in [5.74, 6) is 0.00119. The number of ketones is 1. The number of carbonyl (C=O) groups excluding carboxylic acids is 2. The van der Waals surface area contributed by atoms with E-state index in [9.17, 15) is 9.59 Å². The average Bonchev–Trinajstić information content (AvgIpc) is 2.22. The summed E-state index contributed by atoms with van der Waals surface area (Å²) in [5.41, 5.74) is 0. The molecule has 0 amide bonds. The molecule has 0 aliphatic heterocycles. The van der Waals surface area contributed by atoms with Crippen molar-refractivity contribution >= 4 is 11.8 Å². The van der Waals surface area contributed by atoms with Gasteiger partial charge in [0.05, 0.1) is 6.61 Å². The molecule has 0 atom stereocenters. The lowest BCUT2D eigenvalue weighted by atomic mass is 10.1. The van der Waals surface area contributed by atoms with Crippen molar-refractivity contribution in [2.45, 2.75) is 52.4 Å². The number of ether oxygens (including phenoxy) is 1. The summed E-state index contributed by atoms with van der Waals surface area (Å²) in [7, 11) is 0. The molecule has 0 saturated heterocycles. The lowest BCUT2D eigenvalue weighted by molar-refractivity contribution is -0.137. The third kappa shape index (κ3) is 11.0. The third-order valence-corrected chi connectivity index (χ3v) is 2.19. The third-order valence-electron chi connectivity index (χ3n) is 2.19. The second-order valence-corrected chi connectivity index (χ2v) is 3.81. The van der Waals surface area contributed by atoms with Gasteiger partial charge in [-0.1, -0.05) is 18.9 Å². The van der Waals surface area contributed by atoms with E-state index in [-0.39, 0.29) is 11.8 Å². The van der Waals surface area contributed by atoms with Crippen molar-refractivity contribution in [3.05, 3.63) is 12.2 Å². The van der Waals surface area contributed by atoms with Crippen molar-refractivity contribution in [2.24, 2.45) is 0 Å². The van der Waals surface area contributed by atoms with Gasteiger partial charge in [0.1, 0.15) is 5.78 Å². The minimum absolute atomic E-state index is 0.265. The second kappa shape index (κ2) is 10.4. The van der Waals surface area contributed by atoms with E-state index >= 15 is 0 Å². The molecule has 0 aliphatic carbocycles. The second-order valence-electron chi connectivity index (χ2n) is 3.81. The first-order valence-corrected chi connectivity index (χ1v) is 5.99. The Hall–Kier alpha value is -1.12. The van der Waals surface area contributed by atoms with Crippen LogP contribution in [0.4, 0.5) is 0 Å². The first kappa shape index (κ1) is 14.9. The molecule has 0 aromatic carbocycles. The van der Waals surface area contributed by atoms with Crippen molar-refractivity contribution in [3.63, 3.8) is 0 Å². The summed E-state index contributed by atoms with van der Waals surface area (Å²) in [5, 5.41) is 0. The van der Waals surface area contributed by atoms with Crippen LogP contribution in [0.3, 0.4) is 0 Å². The van der Waals surface area contributed by atoms with Gasteiger partial charge in [-0.15, -0.1) is 0 Å². The molecule has 0 saturated carbocycles. The maximum absolute atomic E-state index is 10.9. The normalized spacial score (nSPS) is 10.6. The first-order valence-electron chi connectivity index (χ1n) is 5.99. The Morgan fingerprint density at radius 1 is 1.12 bits per heavy atom. The van der Waals surface area contributed by atoms with E-state index in [2.05, 4.69) is 0 Å². The number of rotatable bonds is 9. The topological polar surface area (TPSA) is 43.4 Å². The molecule has 0 N–H and O–H groups in total. The van der Waals surface area contributed by atoms with Crippen molar-refractivity contribution in [2.75, 3.05) is 6.61 Å². The quantitative estimate of drug-likeness (QED) is 0.345. The fraction of sp³-hybridized carbons (Fsp3) is 0.692. The van der Waals surface area contributed by atoms with Crippen LogP contribution in [0, 0.1) is 0 Å². The Morgan fingerprint density at radius 2 is 1.81 bits per heavy atom. The molecule has 0 spiro atoms. The summed E-state index contributed by atoms with van der Waals surface area (Å²) in [6.07, 6.45) is 9.18. The molecule has 0 aromatic rings. The number of allylic oxidation sites excluding steroid dienone is 1. The van der Waals surface area contributed by atoms with Crippen LogP contribution >= 0.6 is 0 Å². The Morgan fingerprint density at radius 3 is 2.44 bits per heavy atom. The zero-order chi connectivity index (χ0) is 12.2. The highest BCUT2D eigenvalue weighted by molar-refractivity contribution is 5.81. The van der Waals surface area contributed by atoms with E-state index in [1.165, 1.54) is 6.08 Å². The smallest absolute Gasteiger partial charge is 0.330 e. The minimum Gasteiger partial charge on any atom is -0.463 e. The van der Waals surface area contributed by atoms with Gasteiger partial charge in [0.2, 0.25) is 0 Å². The Bertz CT molecular complexity index is 231. The number of carbonyl (C=O) groups is 2. The number of hydrogen-bond donors (Lipinski definition) is 0. The van der Waals surface area contributed by atoms with Crippen LogP contribution in [0.2, 0.25) is 0 Å². The molecule has 92 valence electrons. The van der Waals surface area contributed by atoms with Crippen molar-refractivity contribution in [1.29, 1.82) is 0 Å². The van der Waals surface area contributed by atoms with Crippen LogP contribution < -0.4 is 0 Å². The Balaban J connectivity index is 3.26. The molecule has 0 bridgehead atoms. The molecule has 0 fully saturated rings. The maximum atomic E-state index is 10.9. The number of esters is 1. The van der Waals surface area contributed by atoms with Gasteiger partial charge in [0.25, 0.3) is 0 Å². The lowest BCUT2D eigenvalue weighted by Crippen LogP contribution is -1.98. The summed E-state index contributed by atoms with van der Waals surface area (Å²) in [6, 6.07) is 0. The van der Waals surface area contributed by atoms with Gasteiger partial charge in [-0.25, -0.2) is 4.79 Å². The molecule has 0 aliphatic rings. The van der Waals surface area contributed by atoms with E-state index in [1.807, 2.05) is 6.08 Å². The van der Waals surface area contributed by atoms with Crippen LogP contribution in [0.15, 0.2) is 12.2 Å². The van der Waals surface area contributed by atoms with Crippen molar-refractivity contribution in [3.8, 4) is 0 Å². The largest absolute Gasteiger partial charge is 0.463 e. The summed E-state index contributed by atoms with van der Waals surface area (Å²) < 4.78 is 4.75. The minimum atomic E-state index is -0.265. The van der Waals surface area contributed by atoms with Crippen LogP contribution in [0.5, 0.6) is 0 Å². The van der Waals surface area contributed by atoms with Crippen molar-refractivity contribution < 1.29 is 14.3 Å². The first-order chi connectivity index (χ1) is 7.66. The van der Waals surface area contributed by atoms with Crippen molar-refractivity contribution in [1.82, 2.24) is 0 Å². The SMILES string of the molecule is CCOC(=O)/C=C/CCCCCCC(C)=O. The average molecular weight is 226 g/mol. The standard InChI is InChI=1S/C13H22O3/c1-3-16-13(15)11-9-7-5-4-6-8-10-12(2)14/h9,11H,3-8,10H2,1-2H3/b11-9+. The van der Waals surface area contributed by atoms with Gasteiger partial charge >= 0.3 is 5.97 Å². The highest BCUT2D eigenvalue weighted by Crippen LogP contribution is 2.06. The highest BCUT2D eigenvalue weighted by atomic mass is 16.5. The maximum Gasteiger partial charge on any atom is 0.330 e. The molecule has 0 unspecified atom stereocenters. The lowest BCUT2D eigenvalue weighted by Gasteiger charge is -1.97. The molecule has 16 heavy (non-hydrogen) atoms. The zero-order valence-electron chi connectivity index (χ0n) is 10.3. The molecular formula is C13H22O3. The van der Waals surface area contributed by atoms with E-state index in [4.69, 9.17) is 4.74 Å². The molecule has 0 radical (unpaired) electrons. The number of hydrogen-bond acceptors (Lipinski definition) is 3. The fourth-order valence-corrected chi connectivity index (χ4v) is 1.36. The van der Waals surface area contributed by atoms with Crippen LogP contribution in [-0.2, 0) is 14.3 Å². The summed E-state index contributed by atoms with van der Waals surface area (Å²) in [4.78, 5) is 21.6.